The van der Waals surface area contributed by atoms with E-state index in [1.807, 2.05) is 18.2 Å². The second-order valence-corrected chi connectivity index (χ2v) is 2.93. The summed E-state index contributed by atoms with van der Waals surface area (Å²) >= 11 is 5.35. The van der Waals surface area contributed by atoms with Crippen molar-refractivity contribution in [2.75, 3.05) is 12.5 Å². The topological polar surface area (TPSA) is 35.5 Å². The predicted octanol–water partition coefficient (Wildman–Crippen LogP) is -0.522. The summed E-state index contributed by atoms with van der Waals surface area (Å²) in [6.07, 6.45) is 2.78. The molecule has 0 radical (unpaired) electrons. The Kier molecular flexibility index (Phi) is 9.43. The second kappa shape index (κ2) is 9.73. The summed E-state index contributed by atoms with van der Waals surface area (Å²) in [5.74, 6) is 0.489. The maximum Gasteiger partial charge on any atom is 1.00 e. The fourth-order valence-electron chi connectivity index (χ4n) is 0.853. The molecule has 0 N–H and O–H groups in total. The first-order chi connectivity index (χ1) is 7.33. The number of halogens is 1. The van der Waals surface area contributed by atoms with Gasteiger partial charge in [-0.15, -0.1) is 11.6 Å². The summed E-state index contributed by atoms with van der Waals surface area (Å²) < 4.78 is 9.83. The maximum atomic E-state index is 11.0. The first-order valence-corrected chi connectivity index (χ1v) is 4.94. The number of carbonyl (C=O) groups is 1. The third-order valence-corrected chi connectivity index (χ3v) is 1.66. The van der Waals surface area contributed by atoms with E-state index in [1.165, 1.54) is 12.3 Å². The molecule has 1 aromatic carbocycles. The minimum absolute atomic E-state index is 0. The van der Waals surface area contributed by atoms with Gasteiger partial charge in [-0.3, -0.25) is 0 Å². The van der Waals surface area contributed by atoms with Gasteiger partial charge in [-0.1, -0.05) is 18.2 Å². The molecule has 0 spiro atoms. The van der Waals surface area contributed by atoms with E-state index in [1.54, 1.807) is 12.1 Å². The molecule has 0 aliphatic rings. The smallest absolute Gasteiger partial charge is 1.00 e. The van der Waals surface area contributed by atoms with E-state index < -0.39 is 5.97 Å². The Morgan fingerprint density at radius 2 is 2.06 bits per heavy atom. The first kappa shape index (κ1) is 15.5. The van der Waals surface area contributed by atoms with Crippen molar-refractivity contribution in [2.24, 2.45) is 0 Å². The molecule has 0 saturated carbocycles. The first-order valence-electron chi connectivity index (χ1n) is 4.41. The van der Waals surface area contributed by atoms with E-state index in [2.05, 4.69) is 4.74 Å². The monoisotopic (exact) mass is 250 g/mol. The van der Waals surface area contributed by atoms with Gasteiger partial charge < -0.3 is 10.9 Å². The van der Waals surface area contributed by atoms with Crippen LogP contribution in [-0.2, 0) is 9.53 Å². The van der Waals surface area contributed by atoms with E-state index in [4.69, 9.17) is 16.3 Å². The molecular formula is C11H12ClNaO3. The number of alkyl halides is 1. The van der Waals surface area contributed by atoms with Gasteiger partial charge in [0.1, 0.15) is 5.75 Å². The minimum atomic E-state index is -0.458. The van der Waals surface area contributed by atoms with Crippen LogP contribution in [0.1, 0.15) is 1.43 Å². The maximum absolute atomic E-state index is 11.0. The Hall–Kier alpha value is -0.480. The number of esters is 1. The minimum Gasteiger partial charge on any atom is -1.00 e. The molecule has 16 heavy (non-hydrogen) atoms. The van der Waals surface area contributed by atoms with Crippen molar-refractivity contribution in [2.45, 2.75) is 0 Å². The van der Waals surface area contributed by atoms with Crippen LogP contribution in [0.25, 0.3) is 0 Å². The zero-order chi connectivity index (χ0) is 10.9. The number of hydrogen-bond acceptors (Lipinski definition) is 3. The molecule has 3 nitrogen and oxygen atoms in total. The van der Waals surface area contributed by atoms with Crippen molar-refractivity contribution in [1.82, 2.24) is 0 Å². The van der Waals surface area contributed by atoms with E-state index in [0.29, 0.717) is 11.6 Å². The molecule has 5 heteroatoms. The SMILES string of the molecule is O=C(COc1ccccc1)OC=CCCl.[H-].[Na+]. The molecule has 0 atom stereocenters. The van der Waals surface area contributed by atoms with Gasteiger partial charge >= 0.3 is 35.5 Å². The number of carbonyl (C=O) groups excluding carboxylic acids is 1. The molecule has 0 aliphatic heterocycles. The number of ether oxygens (including phenoxy) is 2. The number of benzene rings is 1. The van der Waals surface area contributed by atoms with Crippen LogP contribution in [-0.4, -0.2) is 18.5 Å². The normalized spacial score (nSPS) is 9.56. The van der Waals surface area contributed by atoms with Gasteiger partial charge in [0.2, 0.25) is 0 Å². The van der Waals surface area contributed by atoms with Gasteiger partial charge in [0.15, 0.2) is 6.61 Å². The Bertz CT molecular complexity index is 333. The fourth-order valence-corrected chi connectivity index (χ4v) is 0.926. The van der Waals surface area contributed by atoms with Crippen molar-refractivity contribution in [3.8, 4) is 5.75 Å². The largest absolute Gasteiger partial charge is 1.00 e. The fraction of sp³-hybridized carbons (Fsp3) is 0.182. The van der Waals surface area contributed by atoms with Gasteiger partial charge in [-0.2, -0.15) is 0 Å². The molecule has 0 amide bonds. The van der Waals surface area contributed by atoms with Gasteiger partial charge in [-0.25, -0.2) is 4.79 Å². The number of para-hydroxylation sites is 1. The Morgan fingerprint density at radius 1 is 1.38 bits per heavy atom. The zero-order valence-electron chi connectivity index (χ0n) is 10.1. The summed E-state index contributed by atoms with van der Waals surface area (Å²) in [6.45, 7) is -0.114. The van der Waals surface area contributed by atoms with Crippen molar-refractivity contribution in [3.05, 3.63) is 42.7 Å². The van der Waals surface area contributed by atoms with Crippen LogP contribution in [0.15, 0.2) is 42.7 Å². The Balaban J connectivity index is 0. The van der Waals surface area contributed by atoms with Gasteiger partial charge in [0.25, 0.3) is 0 Å². The van der Waals surface area contributed by atoms with Gasteiger partial charge in [0.05, 0.1) is 6.26 Å². The molecular weight excluding hydrogens is 239 g/mol. The number of rotatable bonds is 5. The Labute approximate surface area is 123 Å². The molecule has 0 bridgehead atoms. The van der Waals surface area contributed by atoms with Crippen LogP contribution in [0.4, 0.5) is 0 Å². The van der Waals surface area contributed by atoms with Crippen LogP contribution < -0.4 is 34.3 Å². The standard InChI is InChI=1S/C11H11ClO3.Na.H/c12-7-4-8-14-11(13)9-15-10-5-2-1-3-6-10;;/h1-6,8H,7,9H2;;/q;+1;-1. The van der Waals surface area contributed by atoms with Gasteiger partial charge in [-0.05, 0) is 18.2 Å². The molecule has 0 unspecified atom stereocenters. The van der Waals surface area contributed by atoms with Crippen LogP contribution in [0.2, 0.25) is 0 Å². The summed E-state index contributed by atoms with van der Waals surface area (Å²) in [5, 5.41) is 0. The summed E-state index contributed by atoms with van der Waals surface area (Å²) in [6, 6.07) is 9.06. The van der Waals surface area contributed by atoms with E-state index in [9.17, 15) is 4.79 Å². The van der Waals surface area contributed by atoms with Crippen molar-refractivity contribution >= 4 is 17.6 Å². The van der Waals surface area contributed by atoms with Crippen LogP contribution in [0.3, 0.4) is 0 Å². The van der Waals surface area contributed by atoms with E-state index in [-0.39, 0.29) is 37.6 Å². The molecule has 0 aliphatic carbocycles. The van der Waals surface area contributed by atoms with Crippen molar-refractivity contribution < 1.29 is 45.3 Å². The van der Waals surface area contributed by atoms with Crippen LogP contribution in [0, 0.1) is 0 Å². The quantitative estimate of drug-likeness (QED) is 0.305. The molecule has 1 rings (SSSR count). The third kappa shape index (κ3) is 6.90. The average Bonchev–Trinajstić information content (AvgIpc) is 2.28. The molecule has 0 saturated heterocycles. The van der Waals surface area contributed by atoms with Crippen LogP contribution in [0.5, 0.6) is 5.75 Å². The van der Waals surface area contributed by atoms with Crippen LogP contribution >= 0.6 is 11.6 Å². The second-order valence-electron chi connectivity index (χ2n) is 2.62. The summed E-state index contributed by atoms with van der Waals surface area (Å²) in [7, 11) is 0. The number of allylic oxidation sites excluding steroid dienone is 1. The summed E-state index contributed by atoms with van der Waals surface area (Å²) in [4.78, 5) is 11.0. The average molecular weight is 251 g/mol. The van der Waals surface area contributed by atoms with E-state index in [0.717, 1.165) is 0 Å². The number of hydrogen-bond donors (Lipinski definition) is 0. The van der Waals surface area contributed by atoms with Gasteiger partial charge in [0, 0.05) is 5.88 Å². The van der Waals surface area contributed by atoms with Crippen molar-refractivity contribution in [1.29, 1.82) is 0 Å². The predicted molar refractivity (Wildman–Crippen MR) is 59.0 cm³/mol. The van der Waals surface area contributed by atoms with E-state index >= 15 is 0 Å². The molecule has 0 fully saturated rings. The Morgan fingerprint density at radius 3 is 2.69 bits per heavy atom. The summed E-state index contributed by atoms with van der Waals surface area (Å²) in [5.41, 5.74) is 0. The third-order valence-electron chi connectivity index (χ3n) is 1.48. The molecule has 82 valence electrons. The zero-order valence-corrected chi connectivity index (χ0v) is 11.8. The molecule has 1 aromatic rings. The molecule has 0 heterocycles. The van der Waals surface area contributed by atoms with Crippen molar-refractivity contribution in [3.63, 3.8) is 0 Å². The molecule has 0 aromatic heterocycles.